The molecule has 0 aliphatic rings. The van der Waals surface area contributed by atoms with Gasteiger partial charge in [0.2, 0.25) is 0 Å². The van der Waals surface area contributed by atoms with E-state index >= 15 is 0 Å². The number of hydrogen-bond acceptors (Lipinski definition) is 4. The van der Waals surface area contributed by atoms with Gasteiger partial charge in [-0.3, -0.25) is 14.9 Å². The van der Waals surface area contributed by atoms with Gasteiger partial charge in [-0.15, -0.1) is 0 Å². The van der Waals surface area contributed by atoms with Crippen molar-refractivity contribution in [3.63, 3.8) is 0 Å². The Morgan fingerprint density at radius 2 is 1.45 bits per heavy atom. The van der Waals surface area contributed by atoms with E-state index in [2.05, 4.69) is 52.7 Å². The first-order chi connectivity index (χ1) is 18.1. The van der Waals surface area contributed by atoms with E-state index in [1.54, 1.807) is 30.3 Å². The average molecular weight is 591 g/mol. The lowest BCUT2D eigenvalue weighted by atomic mass is 9.87. The molecule has 0 saturated carbocycles. The minimum absolute atomic E-state index is 0.0241. The van der Waals surface area contributed by atoms with Crippen LogP contribution in [0.15, 0.2) is 83.3 Å². The number of carbonyl (C=O) groups excluding carboxylic acids is 2. The molecule has 0 fully saturated rings. The zero-order chi connectivity index (χ0) is 27.4. The summed E-state index contributed by atoms with van der Waals surface area (Å²) >= 11 is 8.91. The molecular weight excluding hydrogens is 562 g/mol. The molecule has 0 spiro atoms. The second kappa shape index (κ2) is 11.3. The number of rotatable bonds is 5. The van der Waals surface area contributed by atoms with Crippen LogP contribution in [-0.2, 0) is 5.41 Å². The molecular formula is C30H28BrN3O3S. The standard InChI is InChI=1S/C30H28BrN3O3S/c1-30(2,3)20-11-9-18(10-12-20)27(35)32-21-13-15-22(16-14-21)33-29(38)34-28(36)24-17-19-7-5-6-8-23(19)25(31)26(24)37-4/h5-17H,1-4H3,(H,32,35)(H2,33,34,36,38). The van der Waals surface area contributed by atoms with E-state index in [1.165, 1.54) is 12.7 Å². The Balaban J connectivity index is 1.39. The Bertz CT molecular complexity index is 1510. The predicted molar refractivity (Wildman–Crippen MR) is 161 cm³/mol. The highest BCUT2D eigenvalue weighted by molar-refractivity contribution is 9.10. The quantitative estimate of drug-likeness (QED) is 0.213. The van der Waals surface area contributed by atoms with Crippen molar-refractivity contribution in [2.45, 2.75) is 26.2 Å². The van der Waals surface area contributed by atoms with Gasteiger partial charge in [0.15, 0.2) is 5.11 Å². The molecule has 0 bridgehead atoms. The Morgan fingerprint density at radius 1 is 0.842 bits per heavy atom. The Morgan fingerprint density at radius 3 is 2.05 bits per heavy atom. The number of ether oxygens (including phenoxy) is 1. The van der Waals surface area contributed by atoms with Gasteiger partial charge in [0, 0.05) is 16.9 Å². The smallest absolute Gasteiger partial charge is 0.261 e. The lowest BCUT2D eigenvalue weighted by molar-refractivity contribution is 0.0973. The molecule has 4 rings (SSSR count). The molecule has 4 aromatic carbocycles. The summed E-state index contributed by atoms with van der Waals surface area (Å²) in [7, 11) is 1.52. The van der Waals surface area contributed by atoms with E-state index in [1.807, 2.05) is 48.5 Å². The van der Waals surface area contributed by atoms with Crippen LogP contribution in [0, 0.1) is 0 Å². The van der Waals surface area contributed by atoms with Gasteiger partial charge in [0.05, 0.1) is 17.1 Å². The zero-order valence-electron chi connectivity index (χ0n) is 21.5. The number of halogens is 1. The van der Waals surface area contributed by atoms with Crippen molar-refractivity contribution in [1.29, 1.82) is 0 Å². The maximum absolute atomic E-state index is 13.0. The van der Waals surface area contributed by atoms with Crippen molar-refractivity contribution in [3.8, 4) is 5.75 Å². The fraction of sp³-hybridized carbons (Fsp3) is 0.167. The Kier molecular flexibility index (Phi) is 8.14. The highest BCUT2D eigenvalue weighted by Gasteiger charge is 2.19. The number of hydrogen-bond donors (Lipinski definition) is 3. The third kappa shape index (κ3) is 6.20. The summed E-state index contributed by atoms with van der Waals surface area (Å²) in [5.74, 6) is -0.159. The first-order valence-electron chi connectivity index (χ1n) is 12.0. The van der Waals surface area contributed by atoms with Gasteiger partial charge >= 0.3 is 0 Å². The maximum atomic E-state index is 13.0. The summed E-state index contributed by atoms with van der Waals surface area (Å²) in [5, 5.41) is 10.6. The lowest BCUT2D eigenvalue weighted by Gasteiger charge is -2.19. The van der Waals surface area contributed by atoms with Crippen molar-refractivity contribution in [2.75, 3.05) is 17.7 Å². The number of benzene rings is 4. The van der Waals surface area contributed by atoms with Crippen molar-refractivity contribution >= 4 is 67.2 Å². The Labute approximate surface area is 235 Å². The summed E-state index contributed by atoms with van der Waals surface area (Å²) in [4.78, 5) is 25.7. The predicted octanol–water partition coefficient (Wildman–Crippen LogP) is 7.29. The van der Waals surface area contributed by atoms with Crippen LogP contribution in [0.25, 0.3) is 10.8 Å². The summed E-state index contributed by atoms with van der Waals surface area (Å²) in [5.41, 5.74) is 3.43. The van der Waals surface area contributed by atoms with Crippen molar-refractivity contribution < 1.29 is 14.3 Å². The topological polar surface area (TPSA) is 79.5 Å². The summed E-state index contributed by atoms with van der Waals surface area (Å²) < 4.78 is 6.20. The summed E-state index contributed by atoms with van der Waals surface area (Å²) in [6, 6.07) is 24.1. The van der Waals surface area contributed by atoms with Gasteiger partial charge in [-0.1, -0.05) is 57.2 Å². The van der Waals surface area contributed by atoms with Crippen LogP contribution >= 0.6 is 28.1 Å². The van der Waals surface area contributed by atoms with Gasteiger partial charge in [0.25, 0.3) is 11.8 Å². The number of thiocarbonyl (C=S) groups is 1. The molecule has 0 saturated heterocycles. The van der Waals surface area contributed by atoms with Crippen LogP contribution in [0.2, 0.25) is 0 Å². The van der Waals surface area contributed by atoms with E-state index in [-0.39, 0.29) is 16.4 Å². The molecule has 0 aliphatic heterocycles. The normalized spacial score (nSPS) is 11.1. The third-order valence-electron chi connectivity index (χ3n) is 6.03. The number of methoxy groups -OCH3 is 1. The van der Waals surface area contributed by atoms with Gasteiger partial charge in [-0.25, -0.2) is 0 Å². The molecule has 0 aromatic heterocycles. The van der Waals surface area contributed by atoms with Gasteiger partial charge in [-0.05, 0) is 92.4 Å². The van der Waals surface area contributed by atoms with Crippen LogP contribution in [0.5, 0.6) is 5.75 Å². The van der Waals surface area contributed by atoms with Crippen LogP contribution in [0.4, 0.5) is 11.4 Å². The second-order valence-corrected chi connectivity index (χ2v) is 11.0. The zero-order valence-corrected chi connectivity index (χ0v) is 23.9. The van der Waals surface area contributed by atoms with Crippen molar-refractivity contribution in [3.05, 3.63) is 100 Å². The summed E-state index contributed by atoms with van der Waals surface area (Å²) in [6.45, 7) is 6.40. The maximum Gasteiger partial charge on any atom is 0.261 e. The molecule has 0 radical (unpaired) electrons. The van der Waals surface area contributed by atoms with Crippen LogP contribution < -0.4 is 20.7 Å². The molecule has 4 aromatic rings. The molecule has 38 heavy (non-hydrogen) atoms. The highest BCUT2D eigenvalue weighted by Crippen LogP contribution is 2.36. The van der Waals surface area contributed by atoms with Gasteiger partial charge in [0.1, 0.15) is 5.75 Å². The van der Waals surface area contributed by atoms with Gasteiger partial charge < -0.3 is 15.4 Å². The molecule has 0 unspecified atom stereocenters. The molecule has 8 heteroatoms. The number of carbonyl (C=O) groups is 2. The molecule has 0 aliphatic carbocycles. The highest BCUT2D eigenvalue weighted by atomic mass is 79.9. The SMILES string of the molecule is COc1c(C(=O)NC(=S)Nc2ccc(NC(=O)c3ccc(C(C)(C)C)cc3)cc2)cc2ccccc2c1Br. The number of amides is 2. The monoisotopic (exact) mass is 589 g/mol. The van der Waals surface area contributed by atoms with E-state index in [0.29, 0.717) is 32.7 Å². The fourth-order valence-corrected chi connectivity index (χ4v) is 4.89. The number of anilines is 2. The summed E-state index contributed by atoms with van der Waals surface area (Å²) in [6.07, 6.45) is 0. The van der Waals surface area contributed by atoms with Crippen LogP contribution in [0.1, 0.15) is 47.1 Å². The minimum Gasteiger partial charge on any atom is -0.495 e. The first kappa shape index (κ1) is 27.3. The van der Waals surface area contributed by atoms with Gasteiger partial charge in [-0.2, -0.15) is 0 Å². The second-order valence-electron chi connectivity index (χ2n) is 9.76. The largest absolute Gasteiger partial charge is 0.495 e. The third-order valence-corrected chi connectivity index (χ3v) is 7.02. The molecule has 0 atom stereocenters. The molecule has 6 nitrogen and oxygen atoms in total. The molecule has 3 N–H and O–H groups in total. The average Bonchev–Trinajstić information content (AvgIpc) is 2.89. The Hall–Kier alpha value is -3.75. The van der Waals surface area contributed by atoms with E-state index in [9.17, 15) is 9.59 Å². The molecule has 194 valence electrons. The van der Waals surface area contributed by atoms with E-state index in [4.69, 9.17) is 17.0 Å². The molecule has 0 heterocycles. The number of fused-ring (bicyclic) bond motifs is 1. The fourth-order valence-electron chi connectivity index (χ4n) is 3.95. The van der Waals surface area contributed by atoms with Crippen molar-refractivity contribution in [1.82, 2.24) is 5.32 Å². The lowest BCUT2D eigenvalue weighted by Crippen LogP contribution is -2.34. The van der Waals surface area contributed by atoms with E-state index < -0.39 is 5.91 Å². The van der Waals surface area contributed by atoms with Crippen molar-refractivity contribution in [2.24, 2.45) is 0 Å². The molecule has 2 amide bonds. The minimum atomic E-state index is -0.396. The van der Waals surface area contributed by atoms with E-state index in [0.717, 1.165) is 10.8 Å². The van der Waals surface area contributed by atoms with Crippen LogP contribution in [-0.4, -0.2) is 24.0 Å². The number of nitrogens with one attached hydrogen (secondary N) is 3. The van der Waals surface area contributed by atoms with Crippen LogP contribution in [0.3, 0.4) is 0 Å². The first-order valence-corrected chi connectivity index (χ1v) is 13.2.